The highest BCUT2D eigenvalue weighted by molar-refractivity contribution is 5.97. The molecule has 2 amide bonds. The minimum atomic E-state index is -0.640. The number of aromatic hydroxyl groups is 1. The molecule has 2 aromatic carbocycles. The summed E-state index contributed by atoms with van der Waals surface area (Å²) in [6, 6.07) is 13.8. The van der Waals surface area contributed by atoms with Gasteiger partial charge in [-0.15, -0.1) is 10.2 Å². The van der Waals surface area contributed by atoms with Crippen molar-refractivity contribution < 1.29 is 19.4 Å². The summed E-state index contributed by atoms with van der Waals surface area (Å²) in [5.74, 6) is -0.614. The highest BCUT2D eigenvalue weighted by atomic mass is 16.5. The lowest BCUT2D eigenvalue weighted by molar-refractivity contribution is -0.117. The van der Waals surface area contributed by atoms with E-state index in [9.17, 15) is 14.7 Å². The van der Waals surface area contributed by atoms with E-state index in [0.29, 0.717) is 16.7 Å². The predicted octanol–water partition coefficient (Wildman–Crippen LogP) is 2.93. The van der Waals surface area contributed by atoms with Crippen LogP contribution in [0, 0.1) is 0 Å². The van der Waals surface area contributed by atoms with E-state index in [1.54, 1.807) is 48.0 Å². The molecule has 0 saturated heterocycles. The van der Waals surface area contributed by atoms with Gasteiger partial charge in [-0.05, 0) is 24.3 Å². The lowest BCUT2D eigenvalue weighted by atomic mass is 10.2. The number of ether oxygens (including phenoxy) is 1. The van der Waals surface area contributed by atoms with Crippen LogP contribution in [0.15, 0.2) is 58.8 Å². The van der Waals surface area contributed by atoms with Crippen molar-refractivity contribution >= 4 is 28.4 Å². The summed E-state index contributed by atoms with van der Waals surface area (Å²) in [5, 5.41) is 20.8. The van der Waals surface area contributed by atoms with Crippen molar-refractivity contribution in [3.8, 4) is 11.6 Å². The molecule has 0 aliphatic carbocycles. The zero-order valence-electron chi connectivity index (χ0n) is 14.8. The van der Waals surface area contributed by atoms with Crippen molar-refractivity contribution in [2.24, 2.45) is 17.3 Å². The molecule has 2 N–H and O–H groups in total. The summed E-state index contributed by atoms with van der Waals surface area (Å²) < 4.78 is 6.61. The molecular weight excluding hydrogens is 348 g/mol. The summed E-state index contributed by atoms with van der Waals surface area (Å²) in [7, 11) is 3.19. The standard InChI is InChI=1S/C19H18N4O4/c1-23-15-9-4-3-8-14(15)17(19(23)26)22-21-16(24)11-20-18(25)12-6-5-7-13(10-12)27-2/h3-10,26H,11H2,1-2H3,(H,20,25). The highest BCUT2D eigenvalue weighted by Crippen LogP contribution is 2.37. The fraction of sp³-hybridized carbons (Fsp3) is 0.158. The van der Waals surface area contributed by atoms with Crippen LogP contribution in [0.4, 0.5) is 5.69 Å². The van der Waals surface area contributed by atoms with Crippen molar-refractivity contribution in [2.45, 2.75) is 0 Å². The summed E-state index contributed by atoms with van der Waals surface area (Å²) in [4.78, 5) is 24.0. The Labute approximate surface area is 155 Å². The van der Waals surface area contributed by atoms with Crippen LogP contribution in [0.5, 0.6) is 11.6 Å². The largest absolute Gasteiger partial charge is 0.497 e. The molecule has 0 bridgehead atoms. The number of hydrogen-bond acceptors (Lipinski definition) is 5. The van der Waals surface area contributed by atoms with Gasteiger partial charge in [-0.2, -0.15) is 0 Å². The van der Waals surface area contributed by atoms with Crippen LogP contribution in [-0.2, 0) is 11.8 Å². The SMILES string of the molecule is COc1cccc(C(=O)NCC(=O)N=Nc2c(O)n(C)c3ccccc23)c1. The molecular formula is C19H18N4O4. The van der Waals surface area contributed by atoms with Crippen LogP contribution in [0.2, 0.25) is 0 Å². The van der Waals surface area contributed by atoms with Gasteiger partial charge in [0.1, 0.15) is 12.3 Å². The lowest BCUT2D eigenvalue weighted by Crippen LogP contribution is -2.28. The Kier molecular flexibility index (Phi) is 5.16. The van der Waals surface area contributed by atoms with Crippen LogP contribution in [0.3, 0.4) is 0 Å². The fourth-order valence-corrected chi connectivity index (χ4v) is 2.62. The second kappa shape index (κ2) is 7.69. The Morgan fingerprint density at radius 1 is 1.19 bits per heavy atom. The molecule has 3 aromatic rings. The van der Waals surface area contributed by atoms with Gasteiger partial charge in [0.2, 0.25) is 5.88 Å². The molecule has 0 spiro atoms. The number of carbonyl (C=O) groups excluding carboxylic acids is 2. The number of carbonyl (C=O) groups is 2. The number of amides is 2. The molecule has 1 aromatic heterocycles. The lowest BCUT2D eigenvalue weighted by Gasteiger charge is -2.04. The predicted molar refractivity (Wildman–Crippen MR) is 99.4 cm³/mol. The van der Waals surface area contributed by atoms with Crippen LogP contribution >= 0.6 is 0 Å². The summed E-state index contributed by atoms with van der Waals surface area (Å²) in [5.41, 5.74) is 1.34. The third-order valence-corrected chi connectivity index (χ3v) is 4.04. The first-order chi connectivity index (χ1) is 13.0. The maximum absolute atomic E-state index is 12.1. The number of rotatable bonds is 5. The van der Waals surface area contributed by atoms with Gasteiger partial charge in [0.05, 0.1) is 12.6 Å². The second-order valence-electron chi connectivity index (χ2n) is 5.76. The molecule has 1 heterocycles. The summed E-state index contributed by atoms with van der Waals surface area (Å²) in [6.07, 6.45) is 0. The molecule has 0 aliphatic rings. The van der Waals surface area contributed by atoms with E-state index in [2.05, 4.69) is 15.5 Å². The van der Waals surface area contributed by atoms with Crippen molar-refractivity contribution in [3.63, 3.8) is 0 Å². The average Bonchev–Trinajstić information content (AvgIpc) is 2.95. The number of para-hydroxylation sites is 1. The van der Waals surface area contributed by atoms with Gasteiger partial charge < -0.3 is 19.7 Å². The minimum Gasteiger partial charge on any atom is -0.497 e. The first-order valence-electron chi connectivity index (χ1n) is 8.14. The minimum absolute atomic E-state index is 0.0897. The van der Waals surface area contributed by atoms with E-state index >= 15 is 0 Å². The third-order valence-electron chi connectivity index (χ3n) is 4.04. The Hall–Kier alpha value is -3.68. The van der Waals surface area contributed by atoms with Gasteiger partial charge in [0.15, 0.2) is 5.69 Å². The molecule has 8 nitrogen and oxygen atoms in total. The maximum Gasteiger partial charge on any atom is 0.283 e. The van der Waals surface area contributed by atoms with E-state index < -0.39 is 11.8 Å². The Morgan fingerprint density at radius 2 is 1.96 bits per heavy atom. The smallest absolute Gasteiger partial charge is 0.283 e. The normalized spacial score (nSPS) is 11.0. The molecule has 138 valence electrons. The number of nitrogens with zero attached hydrogens (tertiary/aromatic N) is 3. The first kappa shape index (κ1) is 18.1. The number of azo groups is 1. The molecule has 0 atom stereocenters. The number of hydrogen-bond donors (Lipinski definition) is 2. The zero-order valence-corrected chi connectivity index (χ0v) is 14.8. The number of nitrogens with one attached hydrogen (secondary N) is 1. The van der Waals surface area contributed by atoms with Gasteiger partial charge in [0, 0.05) is 18.0 Å². The topological polar surface area (TPSA) is 105 Å². The van der Waals surface area contributed by atoms with E-state index in [1.807, 2.05) is 12.1 Å². The number of aromatic nitrogens is 1. The zero-order chi connectivity index (χ0) is 19.4. The summed E-state index contributed by atoms with van der Waals surface area (Å²) in [6.45, 7) is -0.314. The van der Waals surface area contributed by atoms with Crippen LogP contribution < -0.4 is 10.1 Å². The highest BCUT2D eigenvalue weighted by Gasteiger charge is 2.14. The average molecular weight is 366 g/mol. The first-order valence-corrected chi connectivity index (χ1v) is 8.14. The Morgan fingerprint density at radius 3 is 2.74 bits per heavy atom. The van der Waals surface area contributed by atoms with Gasteiger partial charge in [-0.3, -0.25) is 9.59 Å². The summed E-state index contributed by atoms with van der Waals surface area (Å²) >= 11 is 0. The molecule has 3 rings (SSSR count). The van der Waals surface area contributed by atoms with Crippen LogP contribution in [0.1, 0.15) is 10.4 Å². The quantitative estimate of drug-likeness (QED) is 0.677. The number of fused-ring (bicyclic) bond motifs is 1. The van der Waals surface area contributed by atoms with Gasteiger partial charge >= 0.3 is 0 Å². The number of methoxy groups -OCH3 is 1. The molecule has 0 saturated carbocycles. The van der Waals surface area contributed by atoms with Crippen LogP contribution in [-0.4, -0.2) is 35.1 Å². The molecule has 0 radical (unpaired) electrons. The molecule has 0 unspecified atom stereocenters. The van der Waals surface area contributed by atoms with E-state index in [-0.39, 0.29) is 18.1 Å². The van der Waals surface area contributed by atoms with Crippen molar-refractivity contribution in [2.75, 3.05) is 13.7 Å². The van der Waals surface area contributed by atoms with Crippen LogP contribution in [0.25, 0.3) is 10.9 Å². The van der Waals surface area contributed by atoms with Gasteiger partial charge in [-0.25, -0.2) is 0 Å². The van der Waals surface area contributed by atoms with Crippen molar-refractivity contribution in [1.29, 1.82) is 0 Å². The molecule has 0 fully saturated rings. The van der Waals surface area contributed by atoms with E-state index in [1.165, 1.54) is 7.11 Å². The maximum atomic E-state index is 12.1. The third kappa shape index (κ3) is 3.79. The molecule has 0 aliphatic heterocycles. The van der Waals surface area contributed by atoms with E-state index in [4.69, 9.17) is 4.74 Å². The number of aryl methyl sites for hydroxylation is 1. The monoisotopic (exact) mass is 366 g/mol. The van der Waals surface area contributed by atoms with E-state index in [0.717, 1.165) is 5.52 Å². The Bertz CT molecular complexity index is 1040. The second-order valence-corrected chi connectivity index (χ2v) is 5.76. The van der Waals surface area contributed by atoms with Gasteiger partial charge in [0.25, 0.3) is 11.8 Å². The van der Waals surface area contributed by atoms with Crippen molar-refractivity contribution in [3.05, 3.63) is 54.1 Å². The Balaban J connectivity index is 1.68. The van der Waals surface area contributed by atoms with Gasteiger partial charge in [-0.1, -0.05) is 24.3 Å². The fourth-order valence-electron chi connectivity index (χ4n) is 2.62. The number of benzene rings is 2. The molecule has 27 heavy (non-hydrogen) atoms. The van der Waals surface area contributed by atoms with Crippen molar-refractivity contribution in [1.82, 2.24) is 9.88 Å². The molecule has 8 heteroatoms.